The minimum absolute atomic E-state index is 0.0758. The van der Waals surface area contributed by atoms with Crippen LogP contribution in [-0.2, 0) is 6.67 Å². The highest BCUT2D eigenvalue weighted by atomic mass is 35.5. The molecule has 0 N–H and O–H groups in total. The molecule has 1 aromatic carbocycles. The summed E-state index contributed by atoms with van der Waals surface area (Å²) >= 11 is 11.1. The largest absolute Gasteiger partial charge is 0.472 e. The summed E-state index contributed by atoms with van der Waals surface area (Å²) in [5.41, 5.74) is 0.541. The highest BCUT2D eigenvalue weighted by Gasteiger charge is 2.41. The second-order valence-electron chi connectivity index (χ2n) is 5.80. The first-order valence-corrected chi connectivity index (χ1v) is 8.32. The lowest BCUT2D eigenvalue weighted by Gasteiger charge is -2.26. The summed E-state index contributed by atoms with van der Waals surface area (Å²) in [5.74, 6) is -2.00. The van der Waals surface area contributed by atoms with Gasteiger partial charge >= 0.3 is 12.1 Å². The van der Waals surface area contributed by atoms with E-state index in [9.17, 15) is 18.0 Å². The number of hydrogen-bond donors (Lipinski definition) is 0. The maximum atomic E-state index is 12.9. The van der Waals surface area contributed by atoms with Crippen LogP contribution in [0, 0.1) is 4.77 Å². The molecule has 0 aliphatic carbocycles. The maximum Gasteiger partial charge on any atom is 0.472 e. The Morgan fingerprint density at radius 2 is 1.83 bits per heavy atom. The Hall–Kier alpha value is -1.38. The smallest absolute Gasteiger partial charge is 0.303 e. The topological polar surface area (TPSA) is 30.2 Å². The van der Waals surface area contributed by atoms with Gasteiger partial charge in [-0.05, 0) is 56.3 Å². The first-order valence-electron chi connectivity index (χ1n) is 7.54. The van der Waals surface area contributed by atoms with E-state index in [2.05, 4.69) is 4.90 Å². The maximum absolute atomic E-state index is 12.9. The second kappa shape index (κ2) is 6.50. The fraction of sp³-hybridized carbons (Fsp3) is 0.467. The fourth-order valence-corrected chi connectivity index (χ4v) is 3.49. The van der Waals surface area contributed by atoms with E-state index < -0.39 is 12.1 Å². The summed E-state index contributed by atoms with van der Waals surface area (Å²) in [7, 11) is 0. The Labute approximate surface area is 146 Å². The van der Waals surface area contributed by atoms with Gasteiger partial charge < -0.3 is 4.57 Å². The van der Waals surface area contributed by atoms with Gasteiger partial charge in [-0.3, -0.25) is 9.69 Å². The summed E-state index contributed by atoms with van der Waals surface area (Å²) in [5, 5.41) is 0.247. The van der Waals surface area contributed by atoms with Crippen LogP contribution in [0.1, 0.15) is 24.1 Å². The Balaban J connectivity index is 2.14. The van der Waals surface area contributed by atoms with E-state index in [1.807, 2.05) is 0 Å². The second-order valence-corrected chi connectivity index (χ2v) is 6.60. The van der Waals surface area contributed by atoms with Crippen LogP contribution in [0.4, 0.5) is 13.2 Å². The number of benzene rings is 1. The number of rotatable bonds is 2. The lowest BCUT2D eigenvalue weighted by molar-refractivity contribution is -0.0944. The van der Waals surface area contributed by atoms with Crippen molar-refractivity contribution in [1.82, 2.24) is 14.0 Å². The fourth-order valence-electron chi connectivity index (χ4n) is 2.99. The van der Waals surface area contributed by atoms with E-state index in [-0.39, 0.29) is 15.3 Å². The summed E-state index contributed by atoms with van der Waals surface area (Å²) in [4.78, 5) is 13.9. The molecule has 9 heteroatoms. The molecule has 130 valence electrons. The zero-order valence-corrected chi connectivity index (χ0v) is 14.2. The minimum Gasteiger partial charge on any atom is -0.303 e. The standard InChI is InChI=1S/C15H15ClF3N3OS/c16-10-4-5-11-12(8-10)22(13(23)15(17,18)19)14(24)21(11)9-20-6-2-1-3-7-20/h4-5,8H,1-3,6-7,9H2. The molecule has 2 heterocycles. The number of carbonyl (C=O) groups excluding carboxylic acids is 1. The lowest BCUT2D eigenvalue weighted by atomic mass is 10.1. The molecule has 1 saturated heterocycles. The van der Waals surface area contributed by atoms with Crippen molar-refractivity contribution in [3.8, 4) is 0 Å². The SMILES string of the molecule is O=C(n1c(=S)n(CN2CCCCC2)c2ccc(Cl)cc21)C(F)(F)F. The average molecular weight is 378 g/mol. The number of nitrogens with zero attached hydrogens (tertiary/aromatic N) is 3. The predicted molar refractivity (Wildman–Crippen MR) is 87.9 cm³/mol. The van der Waals surface area contributed by atoms with Crippen LogP contribution in [0.5, 0.6) is 0 Å². The third-order valence-corrected chi connectivity index (χ3v) is 4.77. The molecular weight excluding hydrogens is 363 g/mol. The van der Waals surface area contributed by atoms with Gasteiger partial charge in [0.25, 0.3) is 0 Å². The molecule has 1 aromatic heterocycles. The number of hydrogen-bond acceptors (Lipinski definition) is 3. The molecule has 1 fully saturated rings. The van der Waals surface area contributed by atoms with Crippen molar-refractivity contribution < 1.29 is 18.0 Å². The van der Waals surface area contributed by atoms with Crippen molar-refractivity contribution in [3.05, 3.63) is 28.0 Å². The monoisotopic (exact) mass is 377 g/mol. The van der Waals surface area contributed by atoms with Crippen molar-refractivity contribution in [2.24, 2.45) is 0 Å². The highest BCUT2D eigenvalue weighted by Crippen LogP contribution is 2.27. The summed E-state index contributed by atoms with van der Waals surface area (Å²) < 4.78 is 40.8. The lowest BCUT2D eigenvalue weighted by Crippen LogP contribution is -2.32. The van der Waals surface area contributed by atoms with Crippen LogP contribution in [0.25, 0.3) is 11.0 Å². The summed E-state index contributed by atoms with van der Waals surface area (Å²) in [6, 6.07) is 4.51. The van der Waals surface area contributed by atoms with E-state index in [1.54, 1.807) is 16.7 Å². The Morgan fingerprint density at radius 1 is 1.17 bits per heavy atom. The van der Waals surface area contributed by atoms with E-state index in [0.29, 0.717) is 16.8 Å². The molecular formula is C15H15ClF3N3OS. The third-order valence-electron chi connectivity index (χ3n) is 4.13. The number of fused-ring (bicyclic) bond motifs is 1. The van der Waals surface area contributed by atoms with Crippen LogP contribution < -0.4 is 0 Å². The van der Waals surface area contributed by atoms with Crippen molar-refractivity contribution in [2.45, 2.75) is 32.1 Å². The van der Waals surface area contributed by atoms with Crippen molar-refractivity contribution in [3.63, 3.8) is 0 Å². The molecule has 0 spiro atoms. The van der Waals surface area contributed by atoms with E-state index in [0.717, 1.165) is 32.4 Å². The molecule has 1 aliphatic rings. The predicted octanol–water partition coefficient (Wildman–Crippen LogP) is 4.47. The summed E-state index contributed by atoms with van der Waals surface area (Å²) in [6.07, 6.45) is -1.78. The normalized spacial score (nSPS) is 16.7. The van der Waals surface area contributed by atoms with Crippen LogP contribution in [0.3, 0.4) is 0 Å². The highest BCUT2D eigenvalue weighted by molar-refractivity contribution is 7.71. The molecule has 1 aliphatic heterocycles. The van der Waals surface area contributed by atoms with Gasteiger partial charge in [-0.2, -0.15) is 13.2 Å². The van der Waals surface area contributed by atoms with Gasteiger partial charge in [-0.15, -0.1) is 0 Å². The Kier molecular flexibility index (Phi) is 4.72. The molecule has 2 aromatic rings. The minimum atomic E-state index is -5.01. The molecule has 0 bridgehead atoms. The first kappa shape index (κ1) is 17.4. The van der Waals surface area contributed by atoms with E-state index >= 15 is 0 Å². The van der Waals surface area contributed by atoms with Gasteiger partial charge in [0.05, 0.1) is 17.7 Å². The number of likely N-dealkylation sites (tertiary alicyclic amines) is 1. The van der Waals surface area contributed by atoms with Gasteiger partial charge in [0.2, 0.25) is 0 Å². The Bertz CT molecular complexity index is 837. The van der Waals surface area contributed by atoms with Gasteiger partial charge in [0, 0.05) is 5.02 Å². The zero-order chi connectivity index (χ0) is 17.5. The molecule has 24 heavy (non-hydrogen) atoms. The average Bonchev–Trinajstić information content (AvgIpc) is 2.78. The van der Waals surface area contributed by atoms with Crippen LogP contribution in [0.2, 0.25) is 5.02 Å². The van der Waals surface area contributed by atoms with Gasteiger partial charge in [0.15, 0.2) is 4.77 Å². The van der Waals surface area contributed by atoms with E-state index in [4.69, 9.17) is 23.8 Å². The molecule has 3 rings (SSSR count). The molecule has 4 nitrogen and oxygen atoms in total. The number of alkyl halides is 3. The molecule has 0 amide bonds. The van der Waals surface area contributed by atoms with Gasteiger partial charge in [-0.25, -0.2) is 4.57 Å². The number of aromatic nitrogens is 2. The van der Waals surface area contributed by atoms with E-state index in [1.165, 1.54) is 6.07 Å². The molecule has 0 atom stereocenters. The summed E-state index contributed by atoms with van der Waals surface area (Å²) in [6.45, 7) is 2.07. The van der Waals surface area contributed by atoms with Gasteiger partial charge in [0.1, 0.15) is 0 Å². The first-order chi connectivity index (χ1) is 11.3. The third kappa shape index (κ3) is 3.22. The van der Waals surface area contributed by atoms with Crippen molar-refractivity contribution in [2.75, 3.05) is 13.1 Å². The van der Waals surface area contributed by atoms with Crippen LogP contribution in [-0.4, -0.2) is 39.2 Å². The number of piperidine rings is 1. The molecule has 0 saturated carbocycles. The number of carbonyl (C=O) groups is 1. The van der Waals surface area contributed by atoms with Crippen molar-refractivity contribution in [1.29, 1.82) is 0 Å². The quantitative estimate of drug-likeness (QED) is 0.723. The number of imidazole rings is 1. The number of halogens is 4. The van der Waals surface area contributed by atoms with Gasteiger partial charge in [-0.1, -0.05) is 18.0 Å². The Morgan fingerprint density at radius 3 is 2.46 bits per heavy atom. The van der Waals surface area contributed by atoms with Crippen molar-refractivity contribution >= 4 is 40.8 Å². The zero-order valence-electron chi connectivity index (χ0n) is 12.6. The van der Waals surface area contributed by atoms with Crippen LogP contribution in [0.15, 0.2) is 18.2 Å². The molecule has 0 radical (unpaired) electrons. The molecule has 0 unspecified atom stereocenters. The van der Waals surface area contributed by atoms with Crippen LogP contribution >= 0.6 is 23.8 Å².